The zero-order valence-corrected chi connectivity index (χ0v) is 56.1. The fourth-order valence-corrected chi connectivity index (χ4v) is 12.5. The molecule has 0 atom stereocenters. The molecule has 4 aliphatic heterocycles. The van der Waals surface area contributed by atoms with Crippen LogP contribution in [-0.2, 0) is 4.74 Å². The van der Waals surface area contributed by atoms with Gasteiger partial charge in [0, 0.05) is 176 Å². The fourth-order valence-electron chi connectivity index (χ4n) is 12.5. The Bertz CT molecular complexity index is 4010. The number of piperazine rings is 4. The molecule has 20 nitrogen and oxygen atoms in total. The van der Waals surface area contributed by atoms with Gasteiger partial charge < -0.3 is 50.4 Å². The van der Waals surface area contributed by atoms with E-state index >= 15 is 0 Å². The van der Waals surface area contributed by atoms with Gasteiger partial charge in [0.1, 0.15) is 34.4 Å². The summed E-state index contributed by atoms with van der Waals surface area (Å²) < 4.78 is 10.6. The third kappa shape index (κ3) is 19.2. The Labute approximate surface area is 564 Å². The summed E-state index contributed by atoms with van der Waals surface area (Å²) in [6.07, 6.45) is 13.4. The van der Waals surface area contributed by atoms with E-state index in [-0.39, 0.29) is 24.4 Å². The van der Waals surface area contributed by atoms with Crippen LogP contribution in [0.1, 0.15) is 50.4 Å². The number of carbonyl (C=O) groups excluding carboxylic acids is 2. The van der Waals surface area contributed by atoms with Gasteiger partial charge in [0.2, 0.25) is 0 Å². The molecule has 4 fully saturated rings. The first-order valence-corrected chi connectivity index (χ1v) is 33.5. The van der Waals surface area contributed by atoms with E-state index in [9.17, 15) is 9.59 Å². The first kappa shape index (κ1) is 69.1. The number of ether oxygens (including phenoxy) is 1. The largest absolute Gasteiger partial charge is 0.463 e. The van der Waals surface area contributed by atoms with Crippen molar-refractivity contribution in [3.8, 4) is 0 Å². The van der Waals surface area contributed by atoms with Crippen LogP contribution in [0.15, 0.2) is 175 Å². The van der Waals surface area contributed by atoms with E-state index in [4.69, 9.17) is 14.9 Å². The number of carbonyl (C=O) groups is 2. The van der Waals surface area contributed by atoms with Gasteiger partial charge in [-0.2, -0.15) is 0 Å². The van der Waals surface area contributed by atoms with E-state index in [1.54, 1.807) is 24.6 Å². The van der Waals surface area contributed by atoms with Crippen molar-refractivity contribution in [2.24, 2.45) is 5.73 Å². The van der Waals surface area contributed by atoms with Crippen molar-refractivity contribution < 1.29 is 18.7 Å². The molecule has 0 bridgehead atoms. The maximum atomic E-state index is 12.3. The van der Waals surface area contributed by atoms with Crippen LogP contribution in [-0.4, -0.2) is 201 Å². The Kier molecular flexibility index (Phi) is 25.2. The highest BCUT2D eigenvalue weighted by Gasteiger charge is 2.23. The maximum absolute atomic E-state index is 12.3. The van der Waals surface area contributed by atoms with Crippen molar-refractivity contribution >= 4 is 102 Å². The van der Waals surface area contributed by atoms with E-state index in [0.29, 0.717) is 24.2 Å². The van der Waals surface area contributed by atoms with E-state index < -0.39 is 5.60 Å². The van der Waals surface area contributed by atoms with Crippen LogP contribution in [0, 0.1) is 0 Å². The standard InChI is InChI=1S/C24H25N5O2.C21H30N4O2.C16H22N4.C13H15N3.ClH/c30-24(19-16-22-21(27-17-19)7-15-31-22)26-8-3-10-28-11-13-29(14-12-28)23-20-5-2-1-4-18(20)6-9-25-23;1-21(2,3)27-20(26)23-10-6-12-24-13-15-25(16-14-24)19-18-8-5-4-7-17(18)9-11-22-19;17-7-3-9-19-10-12-20(13-11-19)16-15-5-2-1-4-14(15)6-8-18-16;1-2-4-12-11(3-1)5-6-15-13(12)16-9-7-14-8-10-16;/h1-2,4-7,9,15-17H,3,8,10-14H2,(H,26,30);4-5,7-9,11H,6,10,12-16H2,1-3H3,(H,23,26);1-2,4-6,8H,3,7,9-13,17H2;1-6,14H,7-10H2;1H. The number of anilines is 4. The summed E-state index contributed by atoms with van der Waals surface area (Å²) in [6, 6.07) is 45.6. The Balaban J connectivity index is 0.000000141. The number of pyridine rings is 5. The molecule has 0 radical (unpaired) electrons. The van der Waals surface area contributed by atoms with E-state index in [1.165, 1.54) is 43.1 Å². The summed E-state index contributed by atoms with van der Waals surface area (Å²) in [5.74, 6) is 4.30. The predicted octanol–water partition coefficient (Wildman–Crippen LogP) is 10.4. The molecule has 95 heavy (non-hydrogen) atoms. The molecule has 500 valence electrons. The van der Waals surface area contributed by atoms with Crippen molar-refractivity contribution in [3.05, 3.63) is 176 Å². The zero-order valence-electron chi connectivity index (χ0n) is 55.3. The Morgan fingerprint density at radius 1 is 0.495 bits per heavy atom. The number of furan rings is 1. The van der Waals surface area contributed by atoms with Crippen LogP contribution >= 0.6 is 12.4 Å². The molecule has 10 aromatic rings. The first-order valence-electron chi connectivity index (χ1n) is 33.5. The zero-order chi connectivity index (χ0) is 64.9. The molecule has 6 aromatic heterocycles. The van der Waals surface area contributed by atoms with Gasteiger partial charge in [-0.25, -0.2) is 24.7 Å². The topological polar surface area (TPSA) is 206 Å². The minimum absolute atomic E-state index is 0. The molecule has 2 amide bonds. The van der Waals surface area contributed by atoms with Crippen molar-refractivity contribution in [2.45, 2.75) is 45.6 Å². The molecule has 4 saturated heterocycles. The van der Waals surface area contributed by atoms with E-state index in [0.717, 1.165) is 179 Å². The molecule has 0 unspecified atom stereocenters. The lowest BCUT2D eigenvalue weighted by Gasteiger charge is -2.35. The number of alkyl carbamates (subject to hydrolysis) is 1. The highest BCUT2D eigenvalue weighted by molar-refractivity contribution is 5.97. The third-order valence-corrected chi connectivity index (χ3v) is 17.5. The number of rotatable bonds is 16. The smallest absolute Gasteiger partial charge is 0.407 e. The lowest BCUT2D eigenvalue weighted by molar-refractivity contribution is 0.0525. The van der Waals surface area contributed by atoms with Gasteiger partial charge in [0.25, 0.3) is 5.91 Å². The molecule has 21 heteroatoms. The predicted molar refractivity (Wildman–Crippen MR) is 389 cm³/mol. The quantitative estimate of drug-likeness (QED) is 0.0664. The molecule has 4 aliphatic rings. The molecule has 5 N–H and O–H groups in total. The summed E-state index contributed by atoms with van der Waals surface area (Å²) in [5.41, 5.74) is 7.05. The monoisotopic (exact) mass is 1300 g/mol. The third-order valence-electron chi connectivity index (χ3n) is 17.5. The summed E-state index contributed by atoms with van der Waals surface area (Å²) in [4.78, 5) is 63.5. The number of fused-ring (bicyclic) bond motifs is 5. The Hall–Kier alpha value is -8.76. The number of nitrogens with one attached hydrogen (secondary N) is 3. The first-order chi connectivity index (χ1) is 46.0. The number of nitrogens with two attached hydrogens (primary N) is 1. The van der Waals surface area contributed by atoms with Crippen molar-refractivity contribution in [1.29, 1.82) is 0 Å². The summed E-state index contributed by atoms with van der Waals surface area (Å²) in [5, 5.41) is 19.1. The average Bonchev–Trinajstić information content (AvgIpc) is 1.61. The second-order valence-corrected chi connectivity index (χ2v) is 25.2. The summed E-state index contributed by atoms with van der Waals surface area (Å²) in [7, 11) is 0. The summed E-state index contributed by atoms with van der Waals surface area (Å²) in [6.45, 7) is 27.1. The van der Waals surface area contributed by atoms with Gasteiger partial charge in [0.05, 0.1) is 11.8 Å². The molecule has 0 spiro atoms. The van der Waals surface area contributed by atoms with Gasteiger partial charge in [-0.15, -0.1) is 12.4 Å². The number of halogens is 1. The molecular formula is C74H93ClN16O4. The van der Waals surface area contributed by atoms with Crippen LogP contribution in [0.25, 0.3) is 54.2 Å². The minimum atomic E-state index is -0.448. The van der Waals surface area contributed by atoms with Crippen LogP contribution < -0.4 is 41.3 Å². The highest BCUT2D eigenvalue weighted by atomic mass is 35.5. The van der Waals surface area contributed by atoms with Crippen molar-refractivity contribution in [2.75, 3.05) is 164 Å². The molecule has 10 heterocycles. The maximum Gasteiger partial charge on any atom is 0.407 e. The lowest BCUT2D eigenvalue weighted by atomic mass is 10.1. The van der Waals surface area contributed by atoms with Gasteiger partial charge in [-0.3, -0.25) is 24.5 Å². The number of nitrogens with zero attached hydrogens (tertiary/aromatic N) is 12. The second kappa shape index (κ2) is 34.6. The van der Waals surface area contributed by atoms with Gasteiger partial charge in [-0.05, 0) is 118 Å². The summed E-state index contributed by atoms with van der Waals surface area (Å²) >= 11 is 0. The second-order valence-electron chi connectivity index (χ2n) is 25.2. The van der Waals surface area contributed by atoms with Gasteiger partial charge >= 0.3 is 6.09 Å². The number of hydrogen-bond donors (Lipinski definition) is 4. The number of amides is 2. The molecule has 0 saturated carbocycles. The lowest BCUT2D eigenvalue weighted by Crippen LogP contribution is -2.47. The number of aromatic nitrogens is 5. The molecule has 14 rings (SSSR count). The Morgan fingerprint density at radius 3 is 1.27 bits per heavy atom. The van der Waals surface area contributed by atoms with E-state index in [2.05, 4.69) is 196 Å². The van der Waals surface area contributed by atoms with Crippen molar-refractivity contribution in [3.63, 3.8) is 0 Å². The fraction of sp³-hybridized carbons (Fsp3) is 0.392. The number of hydrogen-bond acceptors (Lipinski definition) is 18. The van der Waals surface area contributed by atoms with Gasteiger partial charge in [0.15, 0.2) is 5.58 Å². The average molecular weight is 1310 g/mol. The van der Waals surface area contributed by atoms with Crippen LogP contribution in [0.5, 0.6) is 0 Å². The van der Waals surface area contributed by atoms with Crippen LogP contribution in [0.3, 0.4) is 0 Å². The van der Waals surface area contributed by atoms with Crippen molar-refractivity contribution in [1.82, 2.24) is 55.6 Å². The molecule has 4 aromatic carbocycles. The van der Waals surface area contributed by atoms with Gasteiger partial charge in [-0.1, -0.05) is 97.1 Å². The van der Waals surface area contributed by atoms with Crippen LogP contribution in [0.4, 0.5) is 28.1 Å². The minimum Gasteiger partial charge on any atom is -0.463 e. The SMILES string of the molecule is CC(C)(C)OC(=O)NCCCN1CCN(c2nccc3ccccc23)CC1.Cl.NCCCN1CCN(c2nccc3ccccc23)CC1.O=C(NCCCN1CCN(c2nccc3ccccc23)CC1)c1cnc2ccoc2c1.c1ccc2c(N3CCNCC3)nccc2c1. The normalized spacial score (nSPS) is 15.7. The highest BCUT2D eigenvalue weighted by Crippen LogP contribution is 2.29. The Morgan fingerprint density at radius 2 is 0.874 bits per heavy atom. The molecular weight excluding hydrogens is 1210 g/mol. The van der Waals surface area contributed by atoms with E-state index in [1.807, 2.05) is 45.6 Å². The molecule has 0 aliphatic carbocycles. The van der Waals surface area contributed by atoms with Crippen LogP contribution in [0.2, 0.25) is 0 Å². The number of benzene rings is 4.